The molecule has 1 fully saturated rings. The molecule has 0 bridgehead atoms. The molecule has 0 saturated carbocycles. The zero-order valence-electron chi connectivity index (χ0n) is 12.3. The highest BCUT2D eigenvalue weighted by Crippen LogP contribution is 2.21. The lowest BCUT2D eigenvalue weighted by Crippen LogP contribution is -2.35. The molecular formula is C13H22N4OS2. The van der Waals surface area contributed by atoms with E-state index in [1.807, 2.05) is 24.9 Å². The Morgan fingerprint density at radius 2 is 2.15 bits per heavy atom. The average molecular weight is 314 g/mol. The van der Waals surface area contributed by atoms with Gasteiger partial charge in [0.1, 0.15) is 18.0 Å². The molecule has 0 spiro atoms. The van der Waals surface area contributed by atoms with Gasteiger partial charge in [0, 0.05) is 66.6 Å². The van der Waals surface area contributed by atoms with Crippen LogP contribution >= 0.6 is 11.8 Å². The normalized spacial score (nSPS) is 18.6. The lowest BCUT2D eigenvalue weighted by molar-refractivity contribution is 0.673. The molecule has 5 nitrogen and oxygen atoms in total. The molecular weight excluding hydrogens is 292 g/mol. The molecule has 0 unspecified atom stereocenters. The van der Waals surface area contributed by atoms with Gasteiger partial charge in [0.05, 0.1) is 0 Å². The highest BCUT2D eigenvalue weighted by Gasteiger charge is 2.16. The zero-order chi connectivity index (χ0) is 14.5. The van der Waals surface area contributed by atoms with Crippen LogP contribution in [0.15, 0.2) is 12.4 Å². The van der Waals surface area contributed by atoms with Crippen LogP contribution in [0.25, 0.3) is 0 Å². The van der Waals surface area contributed by atoms with Crippen LogP contribution < -0.4 is 9.80 Å². The summed E-state index contributed by atoms with van der Waals surface area (Å²) in [6.07, 6.45) is 3.36. The lowest BCUT2D eigenvalue weighted by atomic mass is 10.3. The van der Waals surface area contributed by atoms with Crippen molar-refractivity contribution < 1.29 is 4.21 Å². The summed E-state index contributed by atoms with van der Waals surface area (Å²) in [5.41, 5.74) is 0. The third-order valence-electron chi connectivity index (χ3n) is 3.47. The van der Waals surface area contributed by atoms with Gasteiger partial charge in [0.2, 0.25) is 0 Å². The van der Waals surface area contributed by atoms with Crippen LogP contribution in [0.4, 0.5) is 11.6 Å². The molecule has 0 radical (unpaired) electrons. The monoisotopic (exact) mass is 314 g/mol. The molecule has 1 aliphatic heterocycles. The van der Waals surface area contributed by atoms with Crippen LogP contribution in [0.3, 0.4) is 0 Å². The molecule has 0 N–H and O–H groups in total. The summed E-state index contributed by atoms with van der Waals surface area (Å²) in [6.45, 7) is 4.15. The predicted molar refractivity (Wildman–Crippen MR) is 88.4 cm³/mol. The van der Waals surface area contributed by atoms with Crippen molar-refractivity contribution in [3.63, 3.8) is 0 Å². The highest BCUT2D eigenvalue weighted by atomic mass is 32.2. The maximum atomic E-state index is 11.3. The second-order valence-electron chi connectivity index (χ2n) is 5.03. The van der Waals surface area contributed by atoms with E-state index in [2.05, 4.69) is 26.7 Å². The molecule has 7 heteroatoms. The van der Waals surface area contributed by atoms with Crippen LogP contribution in [0.1, 0.15) is 6.92 Å². The standard InChI is InChI=1S/C13H22N4OS2/c1-11(9-20(3)18)16(2)12-8-13(15-10-14-12)17-4-6-19-7-5-17/h8,10-11H,4-7,9H2,1-3H3/t11-,20+/m1/s1. The second-order valence-corrected chi connectivity index (χ2v) is 7.74. The molecule has 0 aromatic carbocycles. The Kier molecular flexibility index (Phi) is 5.65. The Morgan fingerprint density at radius 3 is 2.80 bits per heavy atom. The maximum Gasteiger partial charge on any atom is 0.134 e. The van der Waals surface area contributed by atoms with Gasteiger partial charge >= 0.3 is 0 Å². The van der Waals surface area contributed by atoms with E-state index in [4.69, 9.17) is 0 Å². The maximum absolute atomic E-state index is 11.3. The molecule has 0 amide bonds. The lowest BCUT2D eigenvalue weighted by Gasteiger charge is -2.29. The SMILES string of the molecule is C[C@H](C[S@](C)=O)N(C)c1cc(N2CCSCC2)ncn1. The van der Waals surface area contributed by atoms with E-state index in [1.165, 1.54) is 0 Å². The van der Waals surface area contributed by atoms with E-state index < -0.39 is 10.8 Å². The Hall–Kier alpha value is -0.820. The van der Waals surface area contributed by atoms with Gasteiger partial charge in [-0.25, -0.2) is 9.97 Å². The first-order valence-corrected chi connectivity index (χ1v) is 9.63. The van der Waals surface area contributed by atoms with Gasteiger partial charge in [0.15, 0.2) is 0 Å². The summed E-state index contributed by atoms with van der Waals surface area (Å²) in [7, 11) is 1.20. The smallest absolute Gasteiger partial charge is 0.134 e. The Balaban J connectivity index is 2.10. The van der Waals surface area contributed by atoms with Crippen molar-refractivity contribution in [2.75, 3.05) is 53.5 Å². The van der Waals surface area contributed by atoms with Crippen LogP contribution in [-0.4, -0.2) is 63.9 Å². The summed E-state index contributed by atoms with van der Waals surface area (Å²) in [6, 6.07) is 2.23. The topological polar surface area (TPSA) is 49.3 Å². The van der Waals surface area contributed by atoms with Crippen molar-refractivity contribution in [1.29, 1.82) is 0 Å². The summed E-state index contributed by atoms with van der Waals surface area (Å²) in [5, 5.41) is 0. The van der Waals surface area contributed by atoms with Crippen LogP contribution in [-0.2, 0) is 10.8 Å². The second kappa shape index (κ2) is 7.26. The first-order valence-electron chi connectivity index (χ1n) is 6.75. The fourth-order valence-corrected chi connectivity index (χ4v) is 3.98. The van der Waals surface area contributed by atoms with Crippen molar-refractivity contribution in [3.05, 3.63) is 12.4 Å². The van der Waals surface area contributed by atoms with Crippen molar-refractivity contribution in [3.8, 4) is 0 Å². The number of anilines is 2. The van der Waals surface area contributed by atoms with Crippen molar-refractivity contribution in [2.45, 2.75) is 13.0 Å². The molecule has 0 aliphatic carbocycles. The highest BCUT2D eigenvalue weighted by molar-refractivity contribution is 7.99. The number of nitrogens with zero attached hydrogens (tertiary/aromatic N) is 4. The van der Waals surface area contributed by atoms with Crippen LogP contribution in [0.5, 0.6) is 0 Å². The summed E-state index contributed by atoms with van der Waals surface area (Å²) in [5.74, 6) is 4.84. The fraction of sp³-hybridized carbons (Fsp3) is 0.692. The predicted octanol–water partition coefficient (Wildman–Crippen LogP) is 1.23. The minimum absolute atomic E-state index is 0.195. The summed E-state index contributed by atoms with van der Waals surface area (Å²) < 4.78 is 11.3. The number of hydrogen-bond donors (Lipinski definition) is 0. The molecule has 2 atom stereocenters. The van der Waals surface area contributed by atoms with E-state index >= 15 is 0 Å². The van der Waals surface area contributed by atoms with E-state index in [-0.39, 0.29) is 6.04 Å². The van der Waals surface area contributed by atoms with E-state index in [0.717, 1.165) is 36.2 Å². The first kappa shape index (κ1) is 15.6. The van der Waals surface area contributed by atoms with E-state index in [0.29, 0.717) is 5.75 Å². The Bertz CT molecular complexity index is 465. The van der Waals surface area contributed by atoms with Gasteiger partial charge in [-0.15, -0.1) is 0 Å². The van der Waals surface area contributed by atoms with E-state index in [9.17, 15) is 4.21 Å². The number of aromatic nitrogens is 2. The molecule has 2 heterocycles. The number of hydrogen-bond acceptors (Lipinski definition) is 6. The molecule has 1 aliphatic rings. The minimum atomic E-state index is -0.798. The molecule has 20 heavy (non-hydrogen) atoms. The fourth-order valence-electron chi connectivity index (χ4n) is 2.17. The van der Waals surface area contributed by atoms with Gasteiger partial charge in [-0.3, -0.25) is 4.21 Å². The van der Waals surface area contributed by atoms with Crippen molar-refractivity contribution >= 4 is 34.2 Å². The third-order valence-corrected chi connectivity index (χ3v) is 5.37. The van der Waals surface area contributed by atoms with Gasteiger partial charge in [0.25, 0.3) is 0 Å². The minimum Gasteiger partial charge on any atom is -0.356 e. The summed E-state index contributed by atoms with van der Waals surface area (Å²) in [4.78, 5) is 13.1. The molecule has 1 aromatic rings. The van der Waals surface area contributed by atoms with Crippen LogP contribution in [0.2, 0.25) is 0 Å². The van der Waals surface area contributed by atoms with Crippen molar-refractivity contribution in [1.82, 2.24) is 9.97 Å². The van der Waals surface area contributed by atoms with Gasteiger partial charge in [-0.2, -0.15) is 11.8 Å². The quantitative estimate of drug-likeness (QED) is 0.815. The molecule has 2 rings (SSSR count). The first-order chi connectivity index (χ1) is 9.58. The van der Waals surface area contributed by atoms with Crippen molar-refractivity contribution in [2.24, 2.45) is 0 Å². The number of thioether (sulfide) groups is 1. The van der Waals surface area contributed by atoms with Gasteiger partial charge in [-0.05, 0) is 6.92 Å². The van der Waals surface area contributed by atoms with E-state index in [1.54, 1.807) is 12.6 Å². The van der Waals surface area contributed by atoms with Crippen LogP contribution in [0, 0.1) is 0 Å². The molecule has 1 saturated heterocycles. The summed E-state index contributed by atoms with van der Waals surface area (Å²) >= 11 is 1.99. The third kappa shape index (κ3) is 4.09. The Morgan fingerprint density at radius 1 is 1.45 bits per heavy atom. The zero-order valence-corrected chi connectivity index (χ0v) is 13.9. The van der Waals surface area contributed by atoms with Gasteiger partial charge < -0.3 is 9.80 Å². The molecule has 112 valence electrons. The largest absolute Gasteiger partial charge is 0.356 e. The average Bonchev–Trinajstić information content (AvgIpc) is 2.47. The Labute approximate surface area is 127 Å². The van der Waals surface area contributed by atoms with Gasteiger partial charge in [-0.1, -0.05) is 0 Å². The molecule has 1 aromatic heterocycles. The number of rotatable bonds is 5.